The van der Waals surface area contributed by atoms with Crippen molar-refractivity contribution in [1.29, 1.82) is 0 Å². The lowest BCUT2D eigenvalue weighted by Gasteiger charge is -2.34. The minimum absolute atomic E-state index is 0.0145. The number of alkyl halides is 2. The molecule has 0 saturated carbocycles. The Kier molecular flexibility index (Phi) is 5.23. The zero-order valence-electron chi connectivity index (χ0n) is 13.7. The molecule has 0 amide bonds. The molecular formula is C17H23F3O3. The summed E-state index contributed by atoms with van der Waals surface area (Å²) >= 11 is 0. The lowest BCUT2D eigenvalue weighted by molar-refractivity contribution is -0.156. The van der Waals surface area contributed by atoms with Crippen LogP contribution in [0.2, 0.25) is 0 Å². The van der Waals surface area contributed by atoms with Gasteiger partial charge in [-0.15, -0.1) is 0 Å². The predicted octanol–water partition coefficient (Wildman–Crippen LogP) is 4.33. The largest absolute Gasteiger partial charge is 0.460 e. The third kappa shape index (κ3) is 5.37. The minimum atomic E-state index is -2.81. The van der Waals surface area contributed by atoms with Crippen molar-refractivity contribution in [3.8, 4) is 0 Å². The highest BCUT2D eigenvalue weighted by Crippen LogP contribution is 2.38. The third-order valence-electron chi connectivity index (χ3n) is 3.84. The topological polar surface area (TPSA) is 35.5 Å². The average Bonchev–Trinajstić information content (AvgIpc) is 2.37. The number of carbonyl (C=O) groups is 1. The SMILES string of the molecule is CC(C)(C)OC(=O)CC1CC(F)=CC=C1C1CCC(F)(F)CO1. The number of esters is 1. The molecule has 0 aromatic rings. The number of hydrogen-bond acceptors (Lipinski definition) is 3. The van der Waals surface area contributed by atoms with Crippen LogP contribution in [0.5, 0.6) is 0 Å². The predicted molar refractivity (Wildman–Crippen MR) is 79.8 cm³/mol. The summed E-state index contributed by atoms with van der Waals surface area (Å²) < 4.78 is 50.5. The van der Waals surface area contributed by atoms with Gasteiger partial charge in [0.1, 0.15) is 18.0 Å². The van der Waals surface area contributed by atoms with Crippen molar-refractivity contribution in [2.24, 2.45) is 5.92 Å². The van der Waals surface area contributed by atoms with Crippen molar-refractivity contribution >= 4 is 5.97 Å². The molecule has 2 unspecified atom stereocenters. The summed E-state index contributed by atoms with van der Waals surface area (Å²) in [5.74, 6) is -3.98. The van der Waals surface area contributed by atoms with E-state index in [2.05, 4.69) is 0 Å². The molecule has 1 aliphatic heterocycles. The van der Waals surface area contributed by atoms with Crippen LogP contribution in [-0.4, -0.2) is 30.2 Å². The number of hydrogen-bond donors (Lipinski definition) is 0. The van der Waals surface area contributed by atoms with E-state index in [9.17, 15) is 18.0 Å². The highest BCUT2D eigenvalue weighted by molar-refractivity contribution is 5.71. The van der Waals surface area contributed by atoms with Crippen molar-refractivity contribution < 1.29 is 27.4 Å². The standard InChI is InChI=1S/C17H23F3O3/c1-16(2,3)23-15(21)9-11-8-12(18)4-5-13(11)14-6-7-17(19,20)10-22-14/h4-5,11,14H,6-10H2,1-3H3. The molecule has 1 fully saturated rings. The van der Waals surface area contributed by atoms with Gasteiger partial charge in [0.05, 0.1) is 12.5 Å². The van der Waals surface area contributed by atoms with E-state index in [4.69, 9.17) is 9.47 Å². The fraction of sp³-hybridized carbons (Fsp3) is 0.706. The molecule has 1 aliphatic carbocycles. The smallest absolute Gasteiger partial charge is 0.306 e. The van der Waals surface area contributed by atoms with Crippen LogP contribution in [0.1, 0.15) is 46.5 Å². The van der Waals surface area contributed by atoms with Gasteiger partial charge in [-0.25, -0.2) is 13.2 Å². The lowest BCUT2D eigenvalue weighted by atomic mass is 9.82. The van der Waals surface area contributed by atoms with Gasteiger partial charge in [-0.3, -0.25) is 4.79 Å². The van der Waals surface area contributed by atoms with E-state index >= 15 is 0 Å². The molecule has 0 bridgehead atoms. The van der Waals surface area contributed by atoms with Crippen molar-refractivity contribution in [3.05, 3.63) is 23.6 Å². The number of rotatable bonds is 3. The van der Waals surface area contributed by atoms with E-state index < -0.39 is 36.1 Å². The van der Waals surface area contributed by atoms with Crippen molar-refractivity contribution in [3.63, 3.8) is 0 Å². The van der Waals surface area contributed by atoms with Gasteiger partial charge in [0.25, 0.3) is 5.92 Å². The maximum Gasteiger partial charge on any atom is 0.306 e. The first-order chi connectivity index (χ1) is 10.6. The summed E-state index contributed by atoms with van der Waals surface area (Å²) in [5, 5.41) is 0. The molecule has 0 spiro atoms. The van der Waals surface area contributed by atoms with Crippen LogP contribution in [0, 0.1) is 5.92 Å². The van der Waals surface area contributed by atoms with Gasteiger partial charge in [-0.05, 0) is 44.8 Å². The second-order valence-electron chi connectivity index (χ2n) is 7.17. The fourth-order valence-electron chi connectivity index (χ4n) is 2.87. The average molecular weight is 332 g/mol. The summed E-state index contributed by atoms with van der Waals surface area (Å²) in [6.45, 7) is 4.64. The molecule has 0 N–H and O–H groups in total. The van der Waals surface area contributed by atoms with Crippen LogP contribution in [0.15, 0.2) is 23.6 Å². The Labute approximate surface area is 134 Å². The molecule has 23 heavy (non-hydrogen) atoms. The Hall–Kier alpha value is -1.30. The third-order valence-corrected chi connectivity index (χ3v) is 3.84. The van der Waals surface area contributed by atoms with E-state index in [1.54, 1.807) is 26.8 Å². The molecule has 3 nitrogen and oxygen atoms in total. The molecule has 0 aromatic carbocycles. The van der Waals surface area contributed by atoms with E-state index in [1.807, 2.05) is 0 Å². The number of allylic oxidation sites excluding steroid dienone is 3. The molecule has 2 rings (SSSR count). The zero-order chi connectivity index (χ0) is 17.3. The lowest BCUT2D eigenvalue weighted by Crippen LogP contribution is -2.37. The van der Waals surface area contributed by atoms with Gasteiger partial charge < -0.3 is 9.47 Å². The molecule has 1 saturated heterocycles. The summed E-state index contributed by atoms with van der Waals surface area (Å²) in [6.07, 6.45) is 2.37. The van der Waals surface area contributed by atoms with Crippen molar-refractivity contribution in [1.82, 2.24) is 0 Å². The van der Waals surface area contributed by atoms with E-state index in [-0.39, 0.29) is 31.5 Å². The Balaban J connectivity index is 2.05. The molecule has 0 radical (unpaired) electrons. The number of halogens is 3. The van der Waals surface area contributed by atoms with Gasteiger partial charge >= 0.3 is 5.97 Å². The van der Waals surface area contributed by atoms with Gasteiger partial charge in [0.15, 0.2) is 0 Å². The number of ether oxygens (including phenoxy) is 2. The maximum atomic E-state index is 13.6. The van der Waals surface area contributed by atoms with Gasteiger partial charge in [0, 0.05) is 12.8 Å². The maximum absolute atomic E-state index is 13.6. The monoisotopic (exact) mass is 332 g/mol. The molecule has 6 heteroatoms. The normalized spacial score (nSPS) is 27.9. The molecule has 130 valence electrons. The molecule has 0 aromatic heterocycles. The van der Waals surface area contributed by atoms with E-state index in [1.165, 1.54) is 6.08 Å². The minimum Gasteiger partial charge on any atom is -0.460 e. The van der Waals surface area contributed by atoms with Crippen molar-refractivity contribution in [2.45, 2.75) is 64.1 Å². The second kappa shape index (κ2) is 6.67. The zero-order valence-corrected chi connectivity index (χ0v) is 13.7. The first kappa shape index (κ1) is 18.0. The summed E-state index contributed by atoms with van der Waals surface area (Å²) in [7, 11) is 0. The van der Waals surface area contributed by atoms with Gasteiger partial charge in [0.2, 0.25) is 0 Å². The first-order valence-corrected chi connectivity index (χ1v) is 7.83. The Morgan fingerprint density at radius 1 is 1.39 bits per heavy atom. The van der Waals surface area contributed by atoms with Gasteiger partial charge in [-0.1, -0.05) is 6.08 Å². The van der Waals surface area contributed by atoms with Crippen LogP contribution in [0.4, 0.5) is 13.2 Å². The molecular weight excluding hydrogens is 309 g/mol. The Morgan fingerprint density at radius 2 is 2.09 bits per heavy atom. The van der Waals surface area contributed by atoms with E-state index in [0.29, 0.717) is 5.57 Å². The van der Waals surface area contributed by atoms with Crippen LogP contribution in [0.25, 0.3) is 0 Å². The van der Waals surface area contributed by atoms with Crippen molar-refractivity contribution in [2.75, 3.05) is 6.61 Å². The summed E-state index contributed by atoms with van der Waals surface area (Å²) in [5.41, 5.74) is 0.0840. The Bertz CT molecular complexity index is 508. The number of carbonyl (C=O) groups excluding carboxylic acids is 1. The molecule has 2 atom stereocenters. The highest BCUT2D eigenvalue weighted by atomic mass is 19.3. The highest BCUT2D eigenvalue weighted by Gasteiger charge is 2.39. The van der Waals surface area contributed by atoms with Crippen LogP contribution in [-0.2, 0) is 14.3 Å². The van der Waals surface area contributed by atoms with E-state index in [0.717, 1.165) is 0 Å². The Morgan fingerprint density at radius 3 is 2.65 bits per heavy atom. The van der Waals surface area contributed by atoms with Crippen LogP contribution < -0.4 is 0 Å². The van der Waals surface area contributed by atoms with Gasteiger partial charge in [-0.2, -0.15) is 0 Å². The summed E-state index contributed by atoms with van der Waals surface area (Å²) in [4.78, 5) is 12.0. The summed E-state index contributed by atoms with van der Waals surface area (Å²) in [6, 6.07) is 0. The van der Waals surface area contributed by atoms with Crippen LogP contribution in [0.3, 0.4) is 0 Å². The molecule has 2 aliphatic rings. The molecule has 1 heterocycles. The first-order valence-electron chi connectivity index (χ1n) is 7.83. The fourth-order valence-corrected chi connectivity index (χ4v) is 2.87. The second-order valence-corrected chi connectivity index (χ2v) is 7.17. The quantitative estimate of drug-likeness (QED) is 0.722. The van der Waals surface area contributed by atoms with Crippen LogP contribution >= 0.6 is 0 Å².